The molecule has 0 atom stereocenters. The molecule has 0 unspecified atom stereocenters. The molecule has 1 N–H and O–H groups in total. The van der Waals surface area contributed by atoms with E-state index in [1.807, 2.05) is 0 Å². The fraction of sp³-hybridized carbons (Fsp3) is 0.708. The van der Waals surface area contributed by atoms with Gasteiger partial charge >= 0.3 is 5.97 Å². The van der Waals surface area contributed by atoms with Crippen LogP contribution in [0.25, 0.3) is 0 Å². The van der Waals surface area contributed by atoms with Gasteiger partial charge < -0.3 is 5.11 Å². The number of rotatable bonds is 7. The fourth-order valence-corrected chi connectivity index (χ4v) is 5.63. The molecule has 0 aliphatic heterocycles. The highest BCUT2D eigenvalue weighted by Gasteiger charge is 2.45. The van der Waals surface area contributed by atoms with Crippen LogP contribution in [0.2, 0.25) is 0 Å². The molecule has 2 nitrogen and oxygen atoms in total. The molecule has 2 aliphatic rings. The topological polar surface area (TPSA) is 37.3 Å². The van der Waals surface area contributed by atoms with Crippen molar-refractivity contribution in [1.29, 1.82) is 0 Å². The second-order valence-corrected chi connectivity index (χ2v) is 9.01. The normalized spacial score (nSPS) is 31.6. The molecule has 1 aromatic rings. The molecule has 2 aliphatic carbocycles. The Labute approximate surface area is 163 Å². The van der Waals surface area contributed by atoms with Gasteiger partial charge in [-0.3, -0.25) is 4.79 Å². The van der Waals surface area contributed by atoms with Crippen LogP contribution in [0, 0.1) is 23.6 Å². The first-order valence-electron chi connectivity index (χ1n) is 11.0. The summed E-state index contributed by atoms with van der Waals surface area (Å²) in [6.07, 6.45) is 14.2. The molecule has 27 heavy (non-hydrogen) atoms. The first kappa shape index (κ1) is 20.4. The van der Waals surface area contributed by atoms with Gasteiger partial charge in [0.1, 0.15) is 5.82 Å². The van der Waals surface area contributed by atoms with E-state index in [0.29, 0.717) is 18.8 Å². The van der Waals surface area contributed by atoms with Crippen molar-refractivity contribution in [3.63, 3.8) is 0 Å². The van der Waals surface area contributed by atoms with E-state index in [0.717, 1.165) is 30.2 Å². The van der Waals surface area contributed by atoms with Gasteiger partial charge in [0, 0.05) is 0 Å². The van der Waals surface area contributed by atoms with E-state index in [1.165, 1.54) is 63.5 Å². The lowest BCUT2D eigenvalue weighted by Crippen LogP contribution is -2.41. The maximum Gasteiger partial charge on any atom is 0.314 e. The average molecular weight is 375 g/mol. The molecule has 0 spiro atoms. The summed E-state index contributed by atoms with van der Waals surface area (Å²) in [6.45, 7) is 2.27. The van der Waals surface area contributed by atoms with Crippen molar-refractivity contribution in [1.82, 2.24) is 0 Å². The Hall–Kier alpha value is -1.38. The molecule has 3 heteroatoms. The summed E-state index contributed by atoms with van der Waals surface area (Å²) >= 11 is 0. The largest absolute Gasteiger partial charge is 0.481 e. The van der Waals surface area contributed by atoms with Crippen molar-refractivity contribution in [2.45, 2.75) is 89.4 Å². The number of hydrogen-bond acceptors (Lipinski definition) is 1. The van der Waals surface area contributed by atoms with E-state index in [4.69, 9.17) is 0 Å². The van der Waals surface area contributed by atoms with Gasteiger partial charge in [-0.15, -0.1) is 0 Å². The molecule has 2 fully saturated rings. The monoisotopic (exact) mass is 374 g/mol. The molecule has 0 bridgehead atoms. The fourth-order valence-electron chi connectivity index (χ4n) is 5.63. The van der Waals surface area contributed by atoms with Crippen LogP contribution >= 0.6 is 0 Å². The van der Waals surface area contributed by atoms with Crippen LogP contribution in [0.15, 0.2) is 24.3 Å². The van der Waals surface area contributed by atoms with Gasteiger partial charge in [0.15, 0.2) is 0 Å². The van der Waals surface area contributed by atoms with Crippen LogP contribution in [0.4, 0.5) is 4.39 Å². The lowest BCUT2D eigenvalue weighted by atomic mass is 9.62. The second kappa shape index (κ2) is 9.21. The number of aliphatic carboxylic acids is 1. The van der Waals surface area contributed by atoms with E-state index in [2.05, 4.69) is 6.92 Å². The zero-order valence-corrected chi connectivity index (χ0v) is 16.8. The number of hydrogen-bond donors (Lipinski definition) is 1. The minimum atomic E-state index is -0.818. The Morgan fingerprint density at radius 3 is 2.15 bits per heavy atom. The van der Waals surface area contributed by atoms with Crippen molar-refractivity contribution >= 4 is 5.97 Å². The van der Waals surface area contributed by atoms with Crippen LogP contribution in [0.5, 0.6) is 0 Å². The standard InChI is InChI=1S/C24H35FO2/c1-2-3-4-5-18-6-8-19(9-7-18)20-14-16-24(17-15-20,23(26)27)21-10-12-22(25)13-11-21/h10-13,18-20H,2-9,14-17H2,1H3,(H,26,27). The van der Waals surface area contributed by atoms with Gasteiger partial charge in [0.2, 0.25) is 0 Å². The van der Waals surface area contributed by atoms with Gasteiger partial charge in [0.25, 0.3) is 0 Å². The van der Waals surface area contributed by atoms with Gasteiger partial charge in [-0.2, -0.15) is 0 Å². The summed E-state index contributed by atoms with van der Waals surface area (Å²) in [4.78, 5) is 12.1. The van der Waals surface area contributed by atoms with Gasteiger partial charge in [-0.25, -0.2) is 4.39 Å². The third-order valence-corrected chi connectivity index (χ3v) is 7.46. The highest BCUT2D eigenvalue weighted by Crippen LogP contribution is 2.47. The predicted molar refractivity (Wildman–Crippen MR) is 107 cm³/mol. The summed E-state index contributed by atoms with van der Waals surface area (Å²) < 4.78 is 13.3. The molecular weight excluding hydrogens is 339 g/mol. The predicted octanol–water partition coefficient (Wildman–Crippen LogP) is 6.73. The number of benzene rings is 1. The van der Waals surface area contributed by atoms with Crippen LogP contribution in [0.3, 0.4) is 0 Å². The van der Waals surface area contributed by atoms with Gasteiger partial charge in [0.05, 0.1) is 5.41 Å². The molecule has 3 rings (SSSR count). The van der Waals surface area contributed by atoms with Gasteiger partial charge in [-0.1, -0.05) is 57.6 Å². The first-order chi connectivity index (χ1) is 13.0. The van der Waals surface area contributed by atoms with Crippen LogP contribution in [-0.2, 0) is 10.2 Å². The van der Waals surface area contributed by atoms with Crippen molar-refractivity contribution in [3.8, 4) is 0 Å². The zero-order chi connectivity index (χ0) is 19.3. The molecule has 0 radical (unpaired) electrons. The quantitative estimate of drug-likeness (QED) is 0.538. The van der Waals surface area contributed by atoms with Crippen molar-refractivity contribution in [2.24, 2.45) is 17.8 Å². The molecule has 1 aromatic carbocycles. The highest BCUT2D eigenvalue weighted by atomic mass is 19.1. The van der Waals surface area contributed by atoms with E-state index in [-0.39, 0.29) is 5.82 Å². The summed E-state index contributed by atoms with van der Waals surface area (Å²) in [7, 11) is 0. The Morgan fingerprint density at radius 2 is 1.59 bits per heavy atom. The molecule has 0 heterocycles. The molecule has 2 saturated carbocycles. The molecular formula is C24H35FO2. The number of halogens is 1. The number of carboxylic acids is 1. The van der Waals surface area contributed by atoms with Crippen LogP contribution in [-0.4, -0.2) is 11.1 Å². The number of carbonyl (C=O) groups is 1. The molecule has 150 valence electrons. The summed E-state index contributed by atoms with van der Waals surface area (Å²) in [5.74, 6) is 1.34. The van der Waals surface area contributed by atoms with Crippen molar-refractivity contribution in [3.05, 3.63) is 35.6 Å². The SMILES string of the molecule is CCCCCC1CCC(C2CCC(C(=O)O)(c3ccc(F)cc3)CC2)CC1. The molecule has 0 amide bonds. The highest BCUT2D eigenvalue weighted by molar-refractivity contribution is 5.81. The number of unbranched alkanes of at least 4 members (excludes halogenated alkanes) is 2. The Kier molecular flexibility index (Phi) is 6.94. The Bertz CT molecular complexity index is 593. The second-order valence-electron chi connectivity index (χ2n) is 9.01. The molecule has 0 aromatic heterocycles. The third kappa shape index (κ3) is 4.73. The van der Waals surface area contributed by atoms with E-state index in [9.17, 15) is 14.3 Å². The Balaban J connectivity index is 1.55. The Morgan fingerprint density at radius 1 is 1.00 bits per heavy atom. The maximum absolute atomic E-state index is 13.3. The van der Waals surface area contributed by atoms with Crippen LogP contribution < -0.4 is 0 Å². The zero-order valence-electron chi connectivity index (χ0n) is 16.8. The lowest BCUT2D eigenvalue weighted by Gasteiger charge is -2.42. The minimum absolute atomic E-state index is 0.302. The van der Waals surface area contributed by atoms with E-state index < -0.39 is 11.4 Å². The maximum atomic E-state index is 13.3. The van der Waals surface area contributed by atoms with Crippen LogP contribution in [0.1, 0.15) is 89.5 Å². The molecule has 0 saturated heterocycles. The van der Waals surface area contributed by atoms with Gasteiger partial charge in [-0.05, 0) is 74.0 Å². The van der Waals surface area contributed by atoms with E-state index >= 15 is 0 Å². The average Bonchev–Trinajstić information content (AvgIpc) is 2.69. The first-order valence-corrected chi connectivity index (χ1v) is 11.0. The van der Waals surface area contributed by atoms with Crippen molar-refractivity contribution in [2.75, 3.05) is 0 Å². The lowest BCUT2D eigenvalue weighted by molar-refractivity contribution is -0.146. The third-order valence-electron chi connectivity index (χ3n) is 7.46. The number of carboxylic acid groups (broad SMARTS) is 1. The van der Waals surface area contributed by atoms with E-state index in [1.54, 1.807) is 12.1 Å². The summed E-state index contributed by atoms with van der Waals surface area (Å²) in [5.41, 5.74) is -0.0452. The summed E-state index contributed by atoms with van der Waals surface area (Å²) in [5, 5.41) is 9.95. The summed E-state index contributed by atoms with van der Waals surface area (Å²) in [6, 6.07) is 6.13. The smallest absolute Gasteiger partial charge is 0.314 e. The van der Waals surface area contributed by atoms with Crippen molar-refractivity contribution < 1.29 is 14.3 Å². The minimum Gasteiger partial charge on any atom is -0.481 e.